The van der Waals surface area contributed by atoms with Gasteiger partial charge in [0.25, 0.3) is 0 Å². The molecular weight excluding hydrogens is 585 g/mol. The van der Waals surface area contributed by atoms with Crippen molar-refractivity contribution in [3.05, 3.63) is 144 Å². The Morgan fingerprint density at radius 1 is 0.477 bits per heavy atom. The van der Waals surface area contributed by atoms with Gasteiger partial charge in [-0.25, -0.2) is 0 Å². The van der Waals surface area contributed by atoms with E-state index in [2.05, 4.69) is 0 Å². The molecule has 4 aromatic carbocycles. The van der Waals surface area contributed by atoms with Gasteiger partial charge in [0, 0.05) is 37.7 Å². The van der Waals surface area contributed by atoms with Gasteiger partial charge in [0.1, 0.15) is 0 Å². The van der Waals surface area contributed by atoms with E-state index in [0.717, 1.165) is 33.8 Å². The van der Waals surface area contributed by atoms with Crippen LogP contribution in [0.4, 0.5) is 0 Å². The van der Waals surface area contributed by atoms with Gasteiger partial charge in [-0.2, -0.15) is 0 Å². The van der Waals surface area contributed by atoms with Crippen molar-refractivity contribution < 1.29 is 9.59 Å². The fraction of sp³-hybridized carbons (Fsp3) is 0.278. The number of carbonyl (C=O) groups excluding carboxylic acids is 2. The highest BCUT2D eigenvalue weighted by molar-refractivity contribution is 8.76. The van der Waals surface area contributed by atoms with Crippen LogP contribution < -0.4 is 11.5 Å². The third kappa shape index (κ3) is 11.2. The second-order valence-electron chi connectivity index (χ2n) is 10.8. The minimum absolute atomic E-state index is 0.0483. The van der Waals surface area contributed by atoms with Gasteiger partial charge in [-0.1, -0.05) is 143 Å². The zero-order valence-corrected chi connectivity index (χ0v) is 26.7. The molecule has 0 aliphatic heterocycles. The molecule has 0 aliphatic carbocycles. The molecule has 0 radical (unpaired) electrons. The van der Waals surface area contributed by atoms with Crippen molar-refractivity contribution in [2.45, 2.75) is 51.1 Å². The maximum absolute atomic E-state index is 13.4. The largest absolute Gasteiger partial charge is 0.333 e. The first-order valence-electron chi connectivity index (χ1n) is 15.0. The van der Waals surface area contributed by atoms with Gasteiger partial charge in [0.2, 0.25) is 11.8 Å². The molecule has 4 N–H and O–H groups in total. The summed E-state index contributed by atoms with van der Waals surface area (Å²) >= 11 is 0. The third-order valence-electron chi connectivity index (χ3n) is 7.23. The van der Waals surface area contributed by atoms with Crippen molar-refractivity contribution in [2.75, 3.05) is 11.5 Å². The molecule has 0 heterocycles. The molecular formula is C36H42N4O2S2. The molecule has 0 spiro atoms. The first kappa shape index (κ1) is 33.3. The minimum atomic E-state index is -0.580. The number of hydrogen-bond donors (Lipinski definition) is 2. The number of hydrogen-bond acceptors (Lipinski definition) is 6. The smallest absolute Gasteiger partial charge is 0.240 e. The van der Waals surface area contributed by atoms with Gasteiger partial charge in [0.15, 0.2) is 0 Å². The summed E-state index contributed by atoms with van der Waals surface area (Å²) in [4.78, 5) is 30.5. The molecule has 6 nitrogen and oxygen atoms in total. The van der Waals surface area contributed by atoms with Crippen LogP contribution in [0.25, 0.3) is 0 Å². The number of amides is 2. The fourth-order valence-electron chi connectivity index (χ4n) is 4.82. The molecule has 0 saturated heterocycles. The van der Waals surface area contributed by atoms with E-state index in [4.69, 9.17) is 11.5 Å². The lowest BCUT2D eigenvalue weighted by atomic mass is 10.1. The summed E-state index contributed by atoms with van der Waals surface area (Å²) in [5.41, 5.74) is 17.1. The van der Waals surface area contributed by atoms with Gasteiger partial charge in [-0.3, -0.25) is 9.59 Å². The van der Waals surface area contributed by atoms with Crippen molar-refractivity contribution in [1.82, 2.24) is 9.80 Å². The molecule has 8 heteroatoms. The fourth-order valence-corrected chi connectivity index (χ4v) is 7.04. The van der Waals surface area contributed by atoms with E-state index >= 15 is 0 Å². The quantitative estimate of drug-likeness (QED) is 0.106. The molecule has 0 fully saturated rings. The second-order valence-corrected chi connectivity index (χ2v) is 13.5. The summed E-state index contributed by atoms with van der Waals surface area (Å²) in [6.45, 7) is 2.06. The van der Waals surface area contributed by atoms with Gasteiger partial charge >= 0.3 is 0 Å². The van der Waals surface area contributed by atoms with Crippen molar-refractivity contribution in [3.8, 4) is 0 Å². The highest BCUT2D eigenvalue weighted by atomic mass is 33.1. The third-order valence-corrected chi connectivity index (χ3v) is 9.70. The molecule has 44 heavy (non-hydrogen) atoms. The maximum atomic E-state index is 13.4. The second kappa shape index (κ2) is 18.3. The van der Waals surface area contributed by atoms with E-state index in [0.29, 0.717) is 39.0 Å². The van der Waals surface area contributed by atoms with Crippen LogP contribution in [0.15, 0.2) is 121 Å². The summed E-state index contributed by atoms with van der Waals surface area (Å²) in [5.74, 6) is 1.37. The van der Waals surface area contributed by atoms with Crippen LogP contribution in [-0.4, -0.2) is 45.2 Å². The number of rotatable bonds is 17. The Labute approximate surface area is 269 Å². The Hall–Kier alpha value is -3.56. The Balaban J connectivity index is 1.22. The number of nitrogens with two attached hydrogens (primary N) is 2. The molecule has 4 aromatic rings. The van der Waals surface area contributed by atoms with Crippen LogP contribution in [0.1, 0.15) is 35.1 Å². The van der Waals surface area contributed by atoms with Crippen molar-refractivity contribution in [3.63, 3.8) is 0 Å². The Morgan fingerprint density at radius 2 is 0.727 bits per heavy atom. The Bertz CT molecular complexity index is 1200. The Kier molecular flexibility index (Phi) is 13.9. The lowest BCUT2D eigenvalue weighted by Crippen LogP contribution is -2.43. The normalized spacial score (nSPS) is 12.3. The highest BCUT2D eigenvalue weighted by Gasteiger charge is 2.23. The van der Waals surface area contributed by atoms with Crippen LogP contribution >= 0.6 is 21.6 Å². The average Bonchev–Trinajstić information content (AvgIpc) is 3.06. The van der Waals surface area contributed by atoms with Crippen molar-refractivity contribution in [2.24, 2.45) is 11.5 Å². The van der Waals surface area contributed by atoms with Gasteiger partial charge in [-0.05, 0) is 35.1 Å². The molecule has 230 valence electrons. The summed E-state index contributed by atoms with van der Waals surface area (Å²) in [5, 5.41) is 0. The standard InChI is InChI=1S/C36H42N4O2S2/c37-33(35(41)39(25-29-13-5-1-6-14-29)26-30-15-7-2-8-16-30)21-23-43-44-24-22-34(38)36(42)40(27-31-17-9-3-10-18-31)28-32-19-11-4-12-20-32/h1-20,33-34H,21-28,37-38H2/t33-,34?/m0/s1. The lowest BCUT2D eigenvalue weighted by molar-refractivity contribution is -0.134. The monoisotopic (exact) mass is 626 g/mol. The van der Waals surface area contributed by atoms with E-state index < -0.39 is 12.1 Å². The molecule has 2 amide bonds. The summed E-state index contributed by atoms with van der Waals surface area (Å²) in [7, 11) is 3.34. The summed E-state index contributed by atoms with van der Waals surface area (Å²) in [6.07, 6.45) is 1.15. The van der Waals surface area contributed by atoms with Gasteiger partial charge < -0.3 is 21.3 Å². The Morgan fingerprint density at radius 3 is 0.977 bits per heavy atom. The van der Waals surface area contributed by atoms with Crippen LogP contribution in [0, 0.1) is 0 Å². The predicted octanol–water partition coefficient (Wildman–Crippen LogP) is 6.26. The van der Waals surface area contributed by atoms with E-state index in [1.165, 1.54) is 0 Å². The molecule has 0 aromatic heterocycles. The molecule has 0 aliphatic rings. The minimum Gasteiger partial charge on any atom is -0.333 e. The van der Waals surface area contributed by atoms with Crippen molar-refractivity contribution in [1.29, 1.82) is 0 Å². The topological polar surface area (TPSA) is 92.7 Å². The molecule has 4 rings (SSSR count). The van der Waals surface area contributed by atoms with Crippen LogP contribution in [0.5, 0.6) is 0 Å². The van der Waals surface area contributed by atoms with Gasteiger partial charge in [-0.15, -0.1) is 0 Å². The zero-order valence-electron chi connectivity index (χ0n) is 25.0. The summed E-state index contributed by atoms with van der Waals surface area (Å²) < 4.78 is 0. The van der Waals surface area contributed by atoms with Crippen LogP contribution in [0.3, 0.4) is 0 Å². The molecule has 0 saturated carbocycles. The highest BCUT2D eigenvalue weighted by Crippen LogP contribution is 2.24. The number of carbonyl (C=O) groups is 2. The van der Waals surface area contributed by atoms with Gasteiger partial charge in [0.05, 0.1) is 12.1 Å². The summed E-state index contributed by atoms with van der Waals surface area (Å²) in [6, 6.07) is 38.8. The van der Waals surface area contributed by atoms with E-state index in [1.807, 2.05) is 131 Å². The first-order valence-corrected chi connectivity index (χ1v) is 17.5. The van der Waals surface area contributed by atoms with Crippen LogP contribution in [-0.2, 0) is 35.8 Å². The van der Waals surface area contributed by atoms with E-state index in [1.54, 1.807) is 21.6 Å². The average molecular weight is 627 g/mol. The lowest BCUT2D eigenvalue weighted by Gasteiger charge is -2.26. The molecule has 1 unspecified atom stereocenters. The molecule has 0 bridgehead atoms. The van der Waals surface area contributed by atoms with E-state index in [-0.39, 0.29) is 11.8 Å². The zero-order chi connectivity index (χ0) is 31.0. The molecule has 2 atom stereocenters. The SMILES string of the molecule is NC(CCSSCC[C@H](N)C(=O)N(Cc1ccccc1)Cc1ccccc1)C(=O)N(Cc1ccccc1)Cc1ccccc1. The maximum Gasteiger partial charge on any atom is 0.240 e. The van der Waals surface area contributed by atoms with Crippen molar-refractivity contribution >= 4 is 33.4 Å². The first-order chi connectivity index (χ1) is 21.5. The predicted molar refractivity (Wildman–Crippen MR) is 184 cm³/mol. The number of nitrogens with zero attached hydrogens (tertiary/aromatic N) is 2. The van der Waals surface area contributed by atoms with Crippen LogP contribution in [0.2, 0.25) is 0 Å². The van der Waals surface area contributed by atoms with E-state index in [9.17, 15) is 9.59 Å². The number of benzene rings is 4.